The zero-order valence-electron chi connectivity index (χ0n) is 9.86. The summed E-state index contributed by atoms with van der Waals surface area (Å²) in [5.41, 5.74) is 0.361. The molecule has 0 N–H and O–H groups in total. The number of carbonyl (C=O) groups excluding carboxylic acids is 2. The van der Waals surface area contributed by atoms with Crippen molar-refractivity contribution in [3.8, 4) is 11.5 Å². The molecule has 0 atom stereocenters. The highest BCUT2D eigenvalue weighted by Gasteiger charge is 2.21. The summed E-state index contributed by atoms with van der Waals surface area (Å²) in [5, 5.41) is 0. The highest BCUT2D eigenvalue weighted by atomic mass is 16.7. The van der Waals surface area contributed by atoms with Gasteiger partial charge in [-0.1, -0.05) is 13.8 Å². The van der Waals surface area contributed by atoms with Crippen LogP contribution in [0.3, 0.4) is 0 Å². The minimum absolute atomic E-state index is 0.160. The van der Waals surface area contributed by atoms with Crippen LogP contribution in [0.1, 0.15) is 30.6 Å². The molecule has 2 rings (SSSR count). The highest BCUT2D eigenvalue weighted by Crippen LogP contribution is 2.32. The quantitative estimate of drug-likeness (QED) is 0.592. The van der Waals surface area contributed by atoms with E-state index in [1.54, 1.807) is 18.2 Å². The molecule has 1 aromatic rings. The van der Waals surface area contributed by atoms with Crippen LogP contribution in [0, 0.1) is 5.92 Å². The lowest BCUT2D eigenvalue weighted by atomic mass is 10.00. The molecule has 1 aliphatic rings. The smallest absolute Gasteiger partial charge is 0.231 e. The Hall–Kier alpha value is -1.84. The number of benzene rings is 1. The van der Waals surface area contributed by atoms with Gasteiger partial charge in [-0.15, -0.1) is 0 Å². The van der Waals surface area contributed by atoms with Gasteiger partial charge >= 0.3 is 0 Å². The van der Waals surface area contributed by atoms with Gasteiger partial charge in [0, 0.05) is 12.0 Å². The van der Waals surface area contributed by atoms with E-state index in [2.05, 4.69) is 0 Å². The van der Waals surface area contributed by atoms with Gasteiger partial charge < -0.3 is 9.47 Å². The molecule has 1 heterocycles. The number of hydrogen-bond donors (Lipinski definition) is 0. The number of ether oxygens (including phenoxy) is 2. The van der Waals surface area contributed by atoms with Crippen LogP contribution in [0.4, 0.5) is 0 Å². The first-order chi connectivity index (χ1) is 8.08. The molecule has 0 fully saturated rings. The molecule has 0 amide bonds. The number of ketones is 2. The van der Waals surface area contributed by atoms with Crippen molar-refractivity contribution in [2.24, 2.45) is 5.92 Å². The third-order valence-electron chi connectivity index (χ3n) is 2.48. The summed E-state index contributed by atoms with van der Waals surface area (Å²) in [6.07, 6.45) is 0.271. The van der Waals surface area contributed by atoms with Gasteiger partial charge in [0.15, 0.2) is 11.5 Å². The van der Waals surface area contributed by atoms with E-state index in [1.165, 1.54) is 0 Å². The third-order valence-corrected chi connectivity index (χ3v) is 2.48. The Morgan fingerprint density at radius 3 is 2.65 bits per heavy atom. The van der Waals surface area contributed by atoms with E-state index in [0.717, 1.165) is 0 Å². The van der Waals surface area contributed by atoms with E-state index >= 15 is 0 Å². The molecule has 0 saturated heterocycles. The van der Waals surface area contributed by atoms with Crippen LogP contribution in [0.2, 0.25) is 0 Å². The van der Waals surface area contributed by atoms with Crippen molar-refractivity contribution >= 4 is 11.6 Å². The predicted octanol–water partition coefficient (Wildman–Crippen LogP) is 2.21. The maximum atomic E-state index is 11.8. The molecule has 0 bridgehead atoms. The van der Waals surface area contributed by atoms with E-state index in [-0.39, 0.29) is 24.9 Å². The Kier molecular flexibility index (Phi) is 3.13. The summed E-state index contributed by atoms with van der Waals surface area (Å²) in [7, 11) is 0. The topological polar surface area (TPSA) is 52.6 Å². The Morgan fingerprint density at radius 2 is 1.94 bits per heavy atom. The zero-order valence-corrected chi connectivity index (χ0v) is 9.86. The molecular weight excluding hydrogens is 220 g/mol. The molecule has 0 radical (unpaired) electrons. The Labute approximate surface area is 99.5 Å². The number of Topliss-reactive ketones (excluding diaryl/α,β-unsaturated/α-hetero) is 2. The van der Waals surface area contributed by atoms with Crippen LogP contribution in [0.25, 0.3) is 0 Å². The van der Waals surface area contributed by atoms with Crippen LogP contribution in [-0.4, -0.2) is 18.4 Å². The number of rotatable bonds is 4. The lowest BCUT2D eigenvalue weighted by molar-refractivity contribution is -0.115. The first kappa shape index (κ1) is 11.6. The molecule has 0 spiro atoms. The third kappa shape index (κ3) is 2.46. The fraction of sp³-hybridized carbons (Fsp3) is 0.385. The maximum Gasteiger partial charge on any atom is 0.231 e. The van der Waals surface area contributed by atoms with Crippen LogP contribution in [0.15, 0.2) is 18.2 Å². The zero-order chi connectivity index (χ0) is 12.4. The van der Waals surface area contributed by atoms with Crippen molar-refractivity contribution in [2.45, 2.75) is 20.3 Å². The van der Waals surface area contributed by atoms with Gasteiger partial charge in [-0.3, -0.25) is 9.59 Å². The van der Waals surface area contributed by atoms with Crippen LogP contribution in [-0.2, 0) is 4.79 Å². The Bertz CT molecular complexity index is 462. The van der Waals surface area contributed by atoms with Crippen molar-refractivity contribution in [3.05, 3.63) is 23.8 Å². The average Bonchev–Trinajstić information content (AvgIpc) is 2.73. The van der Waals surface area contributed by atoms with Gasteiger partial charge in [0.1, 0.15) is 0 Å². The fourth-order valence-electron chi connectivity index (χ4n) is 1.66. The van der Waals surface area contributed by atoms with Crippen LogP contribution < -0.4 is 9.47 Å². The molecular formula is C13H14O4. The molecule has 0 saturated carbocycles. The van der Waals surface area contributed by atoms with E-state index in [0.29, 0.717) is 17.1 Å². The minimum Gasteiger partial charge on any atom is -0.454 e. The second kappa shape index (κ2) is 4.57. The van der Waals surface area contributed by atoms with E-state index < -0.39 is 5.78 Å². The normalized spacial score (nSPS) is 12.9. The predicted molar refractivity (Wildman–Crippen MR) is 61.4 cm³/mol. The minimum atomic E-state index is -0.461. The number of hydrogen-bond acceptors (Lipinski definition) is 4. The van der Waals surface area contributed by atoms with Crippen molar-refractivity contribution in [2.75, 3.05) is 6.79 Å². The van der Waals surface area contributed by atoms with Gasteiger partial charge in [-0.05, 0) is 24.1 Å². The molecule has 4 nitrogen and oxygen atoms in total. The van der Waals surface area contributed by atoms with Crippen molar-refractivity contribution in [1.82, 2.24) is 0 Å². The standard InChI is InChI=1S/C13H14O4/c1-8(2)5-10(14)13(15)9-3-4-11-12(6-9)17-7-16-11/h3-4,6,8H,5,7H2,1-2H3. The SMILES string of the molecule is CC(C)CC(=O)C(=O)c1ccc2c(c1)OCO2. The molecule has 90 valence electrons. The summed E-state index contributed by atoms with van der Waals surface area (Å²) in [6, 6.07) is 4.80. The summed E-state index contributed by atoms with van der Waals surface area (Å²) in [5.74, 6) is 0.488. The molecule has 1 aliphatic heterocycles. The maximum absolute atomic E-state index is 11.8. The highest BCUT2D eigenvalue weighted by molar-refractivity contribution is 6.43. The second-order valence-corrected chi connectivity index (χ2v) is 4.42. The van der Waals surface area contributed by atoms with E-state index in [4.69, 9.17) is 9.47 Å². The number of fused-ring (bicyclic) bond motifs is 1. The summed E-state index contributed by atoms with van der Waals surface area (Å²) in [4.78, 5) is 23.5. The van der Waals surface area contributed by atoms with Crippen LogP contribution in [0.5, 0.6) is 11.5 Å². The molecule has 0 unspecified atom stereocenters. The van der Waals surface area contributed by atoms with Crippen molar-refractivity contribution < 1.29 is 19.1 Å². The first-order valence-electron chi connectivity index (χ1n) is 5.55. The molecule has 4 heteroatoms. The van der Waals surface area contributed by atoms with Gasteiger partial charge in [0.25, 0.3) is 0 Å². The first-order valence-corrected chi connectivity index (χ1v) is 5.55. The molecule has 0 aromatic heterocycles. The van der Waals surface area contributed by atoms with E-state index in [9.17, 15) is 9.59 Å². The van der Waals surface area contributed by atoms with E-state index in [1.807, 2.05) is 13.8 Å². The molecule has 17 heavy (non-hydrogen) atoms. The monoisotopic (exact) mass is 234 g/mol. The van der Waals surface area contributed by atoms with Gasteiger partial charge in [-0.25, -0.2) is 0 Å². The van der Waals surface area contributed by atoms with Crippen LogP contribution >= 0.6 is 0 Å². The average molecular weight is 234 g/mol. The Balaban J connectivity index is 2.17. The van der Waals surface area contributed by atoms with Gasteiger partial charge in [-0.2, -0.15) is 0 Å². The Morgan fingerprint density at radius 1 is 1.24 bits per heavy atom. The lowest BCUT2D eigenvalue weighted by Crippen LogP contribution is -2.16. The second-order valence-electron chi connectivity index (χ2n) is 4.42. The summed E-state index contributed by atoms with van der Waals surface area (Å²) in [6.45, 7) is 3.97. The molecule has 1 aromatic carbocycles. The lowest BCUT2D eigenvalue weighted by Gasteiger charge is -2.04. The number of carbonyl (C=O) groups is 2. The fourth-order valence-corrected chi connectivity index (χ4v) is 1.66. The van der Waals surface area contributed by atoms with Crippen molar-refractivity contribution in [3.63, 3.8) is 0 Å². The largest absolute Gasteiger partial charge is 0.454 e. The summed E-state index contributed by atoms with van der Waals surface area (Å²) < 4.78 is 10.3. The van der Waals surface area contributed by atoms with Crippen molar-refractivity contribution in [1.29, 1.82) is 0 Å². The summed E-state index contributed by atoms with van der Waals surface area (Å²) >= 11 is 0. The molecule has 0 aliphatic carbocycles. The van der Waals surface area contributed by atoms with Gasteiger partial charge in [0.05, 0.1) is 0 Å². The van der Waals surface area contributed by atoms with Gasteiger partial charge in [0.2, 0.25) is 18.4 Å².